The first-order valence-electron chi connectivity index (χ1n) is 12.0. The van der Waals surface area contributed by atoms with Gasteiger partial charge >= 0.3 is 6.09 Å². The molecule has 3 amide bonds. The second-order valence-corrected chi connectivity index (χ2v) is 10.7. The van der Waals surface area contributed by atoms with Crippen molar-refractivity contribution in [3.63, 3.8) is 0 Å². The molecule has 1 saturated heterocycles. The van der Waals surface area contributed by atoms with E-state index in [9.17, 15) is 14.4 Å². The summed E-state index contributed by atoms with van der Waals surface area (Å²) >= 11 is 1.58. The zero-order valence-electron chi connectivity index (χ0n) is 21.4. The fourth-order valence-electron chi connectivity index (χ4n) is 3.94. The standard InChI is InChI=1S/C27H31N5O4S/c1-18(33)31-11-13-32(14-12-31)20-8-10-22(28-17-20)25(34)29-23-16-19(24-6-5-15-37-24)7-9-21(23)30-26(35)36-27(2,3)4/h5-10,15-17H,11-14H2,1-4H3,(H,29,34)(H,30,35). The molecule has 0 bridgehead atoms. The third-order valence-electron chi connectivity index (χ3n) is 5.78. The van der Waals surface area contributed by atoms with Crippen LogP contribution in [0.15, 0.2) is 54.0 Å². The Hall–Kier alpha value is -3.92. The largest absolute Gasteiger partial charge is 0.444 e. The summed E-state index contributed by atoms with van der Waals surface area (Å²) in [6.45, 7) is 9.67. The monoisotopic (exact) mass is 521 g/mol. The van der Waals surface area contributed by atoms with Gasteiger partial charge in [0, 0.05) is 38.0 Å². The van der Waals surface area contributed by atoms with Gasteiger partial charge in [0.05, 0.1) is 23.3 Å². The second-order valence-electron chi connectivity index (χ2n) is 9.71. The van der Waals surface area contributed by atoms with Crippen LogP contribution in [0.1, 0.15) is 38.2 Å². The number of rotatable bonds is 5. The number of anilines is 3. The summed E-state index contributed by atoms with van der Waals surface area (Å²) in [7, 11) is 0. The molecule has 1 aromatic carbocycles. The van der Waals surface area contributed by atoms with Crippen LogP contribution in [-0.4, -0.2) is 59.6 Å². The molecular weight excluding hydrogens is 490 g/mol. The van der Waals surface area contributed by atoms with Gasteiger partial charge in [0.25, 0.3) is 5.91 Å². The van der Waals surface area contributed by atoms with E-state index < -0.39 is 17.6 Å². The third-order valence-corrected chi connectivity index (χ3v) is 6.70. The maximum Gasteiger partial charge on any atom is 0.412 e. The molecule has 9 nitrogen and oxygen atoms in total. The number of carbonyl (C=O) groups is 3. The van der Waals surface area contributed by atoms with Gasteiger partial charge in [0.15, 0.2) is 0 Å². The van der Waals surface area contributed by atoms with Crippen molar-refractivity contribution < 1.29 is 19.1 Å². The first-order chi connectivity index (χ1) is 17.6. The first kappa shape index (κ1) is 26.2. The number of thiophene rings is 1. The quantitative estimate of drug-likeness (QED) is 0.485. The SMILES string of the molecule is CC(=O)N1CCN(c2ccc(C(=O)Nc3cc(-c4cccs4)ccc3NC(=O)OC(C)(C)C)nc2)CC1. The Kier molecular flexibility index (Phi) is 7.77. The fourth-order valence-corrected chi connectivity index (χ4v) is 4.66. The molecule has 0 unspecified atom stereocenters. The van der Waals surface area contributed by atoms with Gasteiger partial charge in [-0.25, -0.2) is 9.78 Å². The Bertz CT molecular complexity index is 1260. The summed E-state index contributed by atoms with van der Waals surface area (Å²) in [6.07, 6.45) is 1.06. The van der Waals surface area contributed by atoms with Crippen molar-refractivity contribution in [1.29, 1.82) is 0 Å². The number of benzene rings is 1. The van der Waals surface area contributed by atoms with Gasteiger partial charge < -0.3 is 19.9 Å². The summed E-state index contributed by atoms with van der Waals surface area (Å²) in [5.74, 6) is -0.322. The van der Waals surface area contributed by atoms with Crippen molar-refractivity contribution in [2.45, 2.75) is 33.3 Å². The lowest BCUT2D eigenvalue weighted by atomic mass is 10.1. The Morgan fingerprint density at radius 2 is 1.73 bits per heavy atom. The smallest absolute Gasteiger partial charge is 0.412 e. The molecule has 1 aliphatic rings. The molecule has 0 radical (unpaired) electrons. The van der Waals surface area contributed by atoms with Gasteiger partial charge in [0.1, 0.15) is 11.3 Å². The molecule has 1 fully saturated rings. The molecule has 0 atom stereocenters. The Labute approximate surface area is 220 Å². The molecule has 3 heterocycles. The van der Waals surface area contributed by atoms with E-state index in [1.807, 2.05) is 40.6 Å². The molecule has 0 saturated carbocycles. The number of carbonyl (C=O) groups excluding carboxylic acids is 3. The van der Waals surface area contributed by atoms with Crippen LogP contribution in [0, 0.1) is 0 Å². The van der Waals surface area contributed by atoms with Crippen molar-refractivity contribution >= 4 is 46.3 Å². The molecule has 2 N–H and O–H groups in total. The Morgan fingerprint density at radius 1 is 0.973 bits per heavy atom. The van der Waals surface area contributed by atoms with Crippen LogP contribution in [0.3, 0.4) is 0 Å². The fraction of sp³-hybridized carbons (Fsp3) is 0.333. The highest BCUT2D eigenvalue weighted by Crippen LogP contribution is 2.32. The zero-order valence-corrected chi connectivity index (χ0v) is 22.2. The van der Waals surface area contributed by atoms with E-state index >= 15 is 0 Å². The van der Waals surface area contributed by atoms with E-state index in [1.54, 1.807) is 57.4 Å². The molecule has 37 heavy (non-hydrogen) atoms. The summed E-state index contributed by atoms with van der Waals surface area (Å²) in [5.41, 5.74) is 2.25. The predicted octanol–water partition coefficient (Wildman–Crippen LogP) is 5.08. The number of ether oxygens (including phenoxy) is 1. The molecule has 194 valence electrons. The van der Waals surface area contributed by atoms with Crippen molar-refractivity contribution in [3.8, 4) is 10.4 Å². The number of hydrogen-bond acceptors (Lipinski definition) is 7. The van der Waals surface area contributed by atoms with Gasteiger partial charge in [-0.3, -0.25) is 14.9 Å². The minimum atomic E-state index is -0.658. The topological polar surface area (TPSA) is 104 Å². The number of nitrogens with zero attached hydrogens (tertiary/aromatic N) is 3. The van der Waals surface area contributed by atoms with E-state index in [0.717, 1.165) is 16.1 Å². The first-order valence-corrected chi connectivity index (χ1v) is 12.9. The average Bonchev–Trinajstić information content (AvgIpc) is 3.39. The molecule has 0 aliphatic carbocycles. The highest BCUT2D eigenvalue weighted by atomic mass is 32.1. The number of amides is 3. The molecule has 0 spiro atoms. The molecule has 3 aromatic rings. The van der Waals surface area contributed by atoms with Crippen molar-refractivity contribution in [3.05, 3.63) is 59.7 Å². The van der Waals surface area contributed by atoms with Crippen LogP contribution in [0.25, 0.3) is 10.4 Å². The van der Waals surface area contributed by atoms with Crippen LogP contribution in [0.2, 0.25) is 0 Å². The van der Waals surface area contributed by atoms with Gasteiger partial charge in [-0.05, 0) is 62.0 Å². The minimum absolute atomic E-state index is 0.0773. The van der Waals surface area contributed by atoms with E-state index in [2.05, 4.69) is 20.5 Å². The number of hydrogen-bond donors (Lipinski definition) is 2. The molecule has 10 heteroatoms. The minimum Gasteiger partial charge on any atom is -0.444 e. The van der Waals surface area contributed by atoms with Crippen molar-refractivity contribution in [2.24, 2.45) is 0 Å². The lowest BCUT2D eigenvalue weighted by molar-refractivity contribution is -0.129. The van der Waals surface area contributed by atoms with Crippen LogP contribution in [0.4, 0.5) is 21.9 Å². The summed E-state index contributed by atoms with van der Waals surface area (Å²) in [6, 6.07) is 12.9. The number of aromatic nitrogens is 1. The second kappa shape index (κ2) is 11.0. The summed E-state index contributed by atoms with van der Waals surface area (Å²) < 4.78 is 5.38. The molecule has 4 rings (SSSR count). The molecule has 1 aliphatic heterocycles. The third kappa shape index (κ3) is 6.85. The summed E-state index contributed by atoms with van der Waals surface area (Å²) in [4.78, 5) is 46.5. The van der Waals surface area contributed by atoms with E-state index in [-0.39, 0.29) is 11.6 Å². The Balaban J connectivity index is 1.50. The van der Waals surface area contributed by atoms with E-state index in [1.165, 1.54) is 0 Å². The lowest BCUT2D eigenvalue weighted by Crippen LogP contribution is -2.48. The van der Waals surface area contributed by atoms with E-state index in [4.69, 9.17) is 4.74 Å². The van der Waals surface area contributed by atoms with Crippen LogP contribution < -0.4 is 15.5 Å². The summed E-state index contributed by atoms with van der Waals surface area (Å²) in [5, 5.41) is 7.60. The highest BCUT2D eigenvalue weighted by Gasteiger charge is 2.21. The van der Waals surface area contributed by atoms with Crippen LogP contribution >= 0.6 is 11.3 Å². The maximum absolute atomic E-state index is 13.1. The molecular formula is C27H31N5O4S. The van der Waals surface area contributed by atoms with Gasteiger partial charge in [-0.2, -0.15) is 0 Å². The molecule has 2 aromatic heterocycles. The predicted molar refractivity (Wildman–Crippen MR) is 146 cm³/mol. The maximum atomic E-state index is 13.1. The van der Waals surface area contributed by atoms with Gasteiger partial charge in [-0.15, -0.1) is 11.3 Å². The van der Waals surface area contributed by atoms with Crippen molar-refractivity contribution in [1.82, 2.24) is 9.88 Å². The Morgan fingerprint density at radius 3 is 2.32 bits per heavy atom. The van der Waals surface area contributed by atoms with Crippen molar-refractivity contribution in [2.75, 3.05) is 41.7 Å². The number of pyridine rings is 1. The average molecular weight is 522 g/mol. The highest BCUT2D eigenvalue weighted by molar-refractivity contribution is 7.13. The van der Waals surface area contributed by atoms with Gasteiger partial charge in [-0.1, -0.05) is 12.1 Å². The van der Waals surface area contributed by atoms with Gasteiger partial charge in [0.2, 0.25) is 5.91 Å². The van der Waals surface area contributed by atoms with E-state index in [0.29, 0.717) is 37.6 Å². The lowest BCUT2D eigenvalue weighted by Gasteiger charge is -2.35. The normalized spacial score (nSPS) is 13.7. The van der Waals surface area contributed by atoms with Crippen LogP contribution in [0.5, 0.6) is 0 Å². The number of nitrogens with one attached hydrogen (secondary N) is 2. The zero-order chi connectivity index (χ0) is 26.6. The number of piperazine rings is 1. The van der Waals surface area contributed by atoms with Crippen LogP contribution in [-0.2, 0) is 9.53 Å².